The molecule has 1 aliphatic rings. The van der Waals surface area contributed by atoms with Gasteiger partial charge in [-0.1, -0.05) is 19.8 Å². The molecule has 0 aromatic carbocycles. The fourth-order valence-electron chi connectivity index (χ4n) is 2.60. The van der Waals surface area contributed by atoms with Crippen molar-refractivity contribution in [3.05, 3.63) is 0 Å². The van der Waals surface area contributed by atoms with Crippen LogP contribution in [0.15, 0.2) is 0 Å². The fourth-order valence-corrected chi connectivity index (χ4v) is 2.60. The summed E-state index contributed by atoms with van der Waals surface area (Å²) in [4.78, 5) is 23.2. The zero-order chi connectivity index (χ0) is 16.3. The maximum Gasteiger partial charge on any atom is 0.392 e. The fraction of sp³-hybridized carbons (Fsp3) is 0.857. The molecule has 0 bridgehead atoms. The van der Waals surface area contributed by atoms with E-state index in [0.717, 1.165) is 0 Å². The third-order valence-corrected chi connectivity index (χ3v) is 4.47. The van der Waals surface area contributed by atoms with Crippen LogP contribution in [0.5, 0.6) is 0 Å². The van der Waals surface area contributed by atoms with Gasteiger partial charge in [-0.05, 0) is 26.2 Å². The summed E-state index contributed by atoms with van der Waals surface area (Å²) in [5.41, 5.74) is -1.15. The Morgan fingerprint density at radius 1 is 1.24 bits per heavy atom. The highest BCUT2D eigenvalue weighted by Gasteiger charge is 2.48. The summed E-state index contributed by atoms with van der Waals surface area (Å²) >= 11 is 0. The van der Waals surface area contributed by atoms with Crippen LogP contribution >= 0.6 is 0 Å². The lowest BCUT2D eigenvalue weighted by molar-refractivity contribution is -0.198. The number of alkyl halides is 3. The second-order valence-electron chi connectivity index (χ2n) is 5.98. The normalized spacial score (nSPS) is 26.0. The molecule has 0 spiro atoms. The van der Waals surface area contributed by atoms with Gasteiger partial charge in [-0.25, -0.2) is 0 Å². The third kappa shape index (κ3) is 4.35. The number of amides is 1. The van der Waals surface area contributed by atoms with Crippen LogP contribution in [0.3, 0.4) is 0 Å². The van der Waals surface area contributed by atoms with Crippen LogP contribution in [0, 0.1) is 17.3 Å². The molecule has 1 rings (SSSR count). The first kappa shape index (κ1) is 17.8. The Labute approximate surface area is 122 Å². The molecule has 3 atom stereocenters. The highest BCUT2D eigenvalue weighted by molar-refractivity contribution is 5.81. The molecule has 1 aliphatic carbocycles. The summed E-state index contributed by atoms with van der Waals surface area (Å²) in [6.07, 6.45) is -2.87. The number of carboxylic acid groups (broad SMARTS) is 1. The first-order chi connectivity index (χ1) is 9.62. The molecule has 122 valence electrons. The van der Waals surface area contributed by atoms with Crippen molar-refractivity contribution in [2.75, 3.05) is 6.54 Å². The number of carbonyl (C=O) groups is 2. The van der Waals surface area contributed by atoms with Crippen molar-refractivity contribution >= 4 is 11.9 Å². The molecule has 0 aliphatic heterocycles. The highest BCUT2D eigenvalue weighted by atomic mass is 19.4. The molecule has 7 heteroatoms. The van der Waals surface area contributed by atoms with Crippen molar-refractivity contribution in [2.24, 2.45) is 17.3 Å². The first-order valence-electron chi connectivity index (χ1n) is 7.19. The van der Waals surface area contributed by atoms with Gasteiger partial charge in [-0.15, -0.1) is 0 Å². The van der Waals surface area contributed by atoms with Gasteiger partial charge in [-0.3, -0.25) is 9.59 Å². The SMILES string of the molecule is CCC(C)(CNC(=O)C1CCCCC1C(F)(F)F)C(=O)O. The summed E-state index contributed by atoms with van der Waals surface area (Å²) in [7, 11) is 0. The van der Waals surface area contributed by atoms with E-state index in [1.807, 2.05) is 0 Å². The summed E-state index contributed by atoms with van der Waals surface area (Å²) in [5.74, 6) is -4.48. The van der Waals surface area contributed by atoms with Gasteiger partial charge < -0.3 is 10.4 Å². The number of aliphatic carboxylic acids is 1. The molecule has 0 aromatic heterocycles. The van der Waals surface area contributed by atoms with Gasteiger partial charge in [0, 0.05) is 12.5 Å². The van der Waals surface area contributed by atoms with E-state index in [1.165, 1.54) is 6.92 Å². The largest absolute Gasteiger partial charge is 0.481 e. The molecule has 1 saturated carbocycles. The van der Waals surface area contributed by atoms with E-state index >= 15 is 0 Å². The Morgan fingerprint density at radius 2 is 1.81 bits per heavy atom. The average Bonchev–Trinajstić information content (AvgIpc) is 2.43. The number of rotatable bonds is 5. The van der Waals surface area contributed by atoms with Gasteiger partial charge in [0.1, 0.15) is 0 Å². The van der Waals surface area contributed by atoms with Crippen LogP contribution in [0.1, 0.15) is 46.0 Å². The number of hydrogen-bond acceptors (Lipinski definition) is 2. The second kappa shape index (κ2) is 6.66. The van der Waals surface area contributed by atoms with Gasteiger partial charge in [-0.2, -0.15) is 13.2 Å². The first-order valence-corrected chi connectivity index (χ1v) is 7.19. The van der Waals surface area contributed by atoms with Crippen molar-refractivity contribution in [2.45, 2.75) is 52.1 Å². The quantitative estimate of drug-likeness (QED) is 0.820. The molecule has 0 radical (unpaired) electrons. The second-order valence-corrected chi connectivity index (χ2v) is 5.98. The summed E-state index contributed by atoms with van der Waals surface area (Å²) in [6, 6.07) is 0. The number of halogens is 3. The molecular weight excluding hydrogens is 287 g/mol. The third-order valence-electron chi connectivity index (χ3n) is 4.47. The van der Waals surface area contributed by atoms with Crippen molar-refractivity contribution < 1.29 is 27.9 Å². The van der Waals surface area contributed by atoms with Gasteiger partial charge in [0.05, 0.1) is 11.3 Å². The number of nitrogens with one attached hydrogen (secondary N) is 1. The molecule has 0 aromatic rings. The van der Waals surface area contributed by atoms with Crippen molar-refractivity contribution in [1.29, 1.82) is 0 Å². The van der Waals surface area contributed by atoms with Crippen LogP contribution < -0.4 is 5.32 Å². The van der Waals surface area contributed by atoms with E-state index in [2.05, 4.69) is 5.32 Å². The van der Waals surface area contributed by atoms with E-state index in [0.29, 0.717) is 12.8 Å². The van der Waals surface area contributed by atoms with Gasteiger partial charge >= 0.3 is 12.1 Å². The van der Waals surface area contributed by atoms with Crippen LogP contribution in [0.25, 0.3) is 0 Å². The van der Waals surface area contributed by atoms with Crippen LogP contribution in [0.4, 0.5) is 13.2 Å². The molecule has 0 heterocycles. The molecule has 21 heavy (non-hydrogen) atoms. The molecule has 1 fully saturated rings. The monoisotopic (exact) mass is 309 g/mol. The van der Waals surface area contributed by atoms with Crippen LogP contribution in [-0.2, 0) is 9.59 Å². The van der Waals surface area contributed by atoms with Gasteiger partial charge in [0.15, 0.2) is 0 Å². The van der Waals surface area contributed by atoms with E-state index < -0.39 is 35.3 Å². The molecule has 2 N–H and O–H groups in total. The van der Waals surface area contributed by atoms with Crippen molar-refractivity contribution in [3.63, 3.8) is 0 Å². The smallest absolute Gasteiger partial charge is 0.392 e. The Morgan fingerprint density at radius 3 is 2.29 bits per heavy atom. The Kier molecular flexibility index (Phi) is 5.64. The Hall–Kier alpha value is -1.27. The lowest BCUT2D eigenvalue weighted by Gasteiger charge is -2.33. The molecule has 0 saturated heterocycles. The maximum atomic E-state index is 12.9. The number of carboxylic acids is 1. The van der Waals surface area contributed by atoms with Crippen molar-refractivity contribution in [1.82, 2.24) is 5.32 Å². The van der Waals surface area contributed by atoms with Crippen molar-refractivity contribution in [3.8, 4) is 0 Å². The highest BCUT2D eigenvalue weighted by Crippen LogP contribution is 2.41. The Bertz CT molecular complexity index is 397. The zero-order valence-corrected chi connectivity index (χ0v) is 12.3. The number of carbonyl (C=O) groups excluding carboxylic acids is 1. The minimum Gasteiger partial charge on any atom is -0.481 e. The predicted octanol–water partition coefficient (Wildman–Crippen LogP) is 2.97. The summed E-state index contributed by atoms with van der Waals surface area (Å²) in [5, 5.41) is 11.5. The zero-order valence-electron chi connectivity index (χ0n) is 12.3. The van der Waals surface area contributed by atoms with E-state index in [1.54, 1.807) is 6.92 Å². The molecule has 3 unspecified atom stereocenters. The standard InChI is InChI=1S/C14H22F3NO3/c1-3-13(2,12(20)21)8-18-11(19)9-6-4-5-7-10(9)14(15,16)17/h9-10H,3-8H2,1-2H3,(H,18,19)(H,20,21). The number of hydrogen-bond donors (Lipinski definition) is 2. The Balaban J connectivity index is 2.71. The molecule has 4 nitrogen and oxygen atoms in total. The summed E-state index contributed by atoms with van der Waals surface area (Å²) < 4.78 is 38.8. The molecular formula is C14H22F3NO3. The van der Waals surface area contributed by atoms with E-state index in [4.69, 9.17) is 5.11 Å². The lowest BCUT2D eigenvalue weighted by atomic mass is 9.78. The van der Waals surface area contributed by atoms with Crippen LogP contribution in [-0.4, -0.2) is 29.7 Å². The molecule has 1 amide bonds. The van der Waals surface area contributed by atoms with Gasteiger partial charge in [0.2, 0.25) is 5.91 Å². The topological polar surface area (TPSA) is 66.4 Å². The minimum atomic E-state index is -4.39. The summed E-state index contributed by atoms with van der Waals surface area (Å²) in [6.45, 7) is 2.98. The van der Waals surface area contributed by atoms with Crippen LogP contribution in [0.2, 0.25) is 0 Å². The van der Waals surface area contributed by atoms with E-state index in [-0.39, 0.29) is 25.8 Å². The maximum absolute atomic E-state index is 12.9. The average molecular weight is 309 g/mol. The van der Waals surface area contributed by atoms with E-state index in [9.17, 15) is 22.8 Å². The lowest BCUT2D eigenvalue weighted by Crippen LogP contribution is -2.47. The predicted molar refractivity (Wildman–Crippen MR) is 70.5 cm³/mol. The minimum absolute atomic E-state index is 0.0361. The van der Waals surface area contributed by atoms with Gasteiger partial charge in [0.25, 0.3) is 0 Å².